The average Bonchev–Trinajstić information content (AvgIpc) is 3.37. The Bertz CT molecular complexity index is 455. The van der Waals surface area contributed by atoms with Crippen LogP contribution in [0.2, 0.25) is 0 Å². The fourth-order valence-electron chi connectivity index (χ4n) is 2.65. The molecule has 0 aromatic heterocycles. The first-order valence-electron chi connectivity index (χ1n) is 8.37. The molecule has 0 unspecified atom stereocenters. The van der Waals surface area contributed by atoms with Crippen molar-refractivity contribution in [3.8, 4) is 5.75 Å². The number of hydrogen-bond donors (Lipinski definition) is 1. The quantitative estimate of drug-likeness (QED) is 0.676. The molecule has 2 rings (SSSR count). The van der Waals surface area contributed by atoms with Crippen LogP contribution < -0.4 is 10.5 Å². The van der Waals surface area contributed by atoms with E-state index in [2.05, 4.69) is 4.90 Å². The van der Waals surface area contributed by atoms with E-state index in [1.807, 2.05) is 24.3 Å². The molecule has 1 saturated carbocycles. The zero-order valence-corrected chi connectivity index (χ0v) is 13.6. The van der Waals surface area contributed by atoms with Gasteiger partial charge in [-0.2, -0.15) is 0 Å². The highest BCUT2D eigenvalue weighted by Crippen LogP contribution is 2.29. The fourth-order valence-corrected chi connectivity index (χ4v) is 2.65. The van der Waals surface area contributed by atoms with Gasteiger partial charge >= 0.3 is 0 Å². The molecule has 0 saturated heterocycles. The topological polar surface area (TPSA) is 55.6 Å². The van der Waals surface area contributed by atoms with E-state index in [0.717, 1.165) is 57.4 Å². The average molecular weight is 304 g/mol. The molecule has 0 bridgehead atoms. The lowest BCUT2D eigenvalue weighted by Gasteiger charge is -2.23. The Morgan fingerprint density at radius 1 is 1.18 bits per heavy atom. The van der Waals surface area contributed by atoms with Crippen molar-refractivity contribution in [1.29, 1.82) is 0 Å². The molecule has 0 heterocycles. The molecule has 1 aliphatic carbocycles. The van der Waals surface area contributed by atoms with E-state index in [1.54, 1.807) is 7.11 Å². The van der Waals surface area contributed by atoms with Crippen LogP contribution in [0.25, 0.3) is 0 Å². The van der Waals surface area contributed by atoms with Crippen LogP contribution in [0, 0.1) is 0 Å². The summed E-state index contributed by atoms with van der Waals surface area (Å²) in [5.41, 5.74) is 6.66. The number of hydrogen-bond acceptors (Lipinski definition) is 3. The SMILES string of the molecule is COc1ccc(CN(C(=O)CCCCCCN)C2CC2)cc1. The minimum absolute atomic E-state index is 0.297. The van der Waals surface area contributed by atoms with Crippen molar-refractivity contribution in [1.82, 2.24) is 4.90 Å². The van der Waals surface area contributed by atoms with Crippen LogP contribution in [0.3, 0.4) is 0 Å². The van der Waals surface area contributed by atoms with E-state index in [0.29, 0.717) is 18.4 Å². The monoisotopic (exact) mass is 304 g/mol. The van der Waals surface area contributed by atoms with Crippen molar-refractivity contribution in [3.63, 3.8) is 0 Å². The Hall–Kier alpha value is -1.55. The Morgan fingerprint density at radius 3 is 2.45 bits per heavy atom. The molecule has 0 aliphatic heterocycles. The van der Waals surface area contributed by atoms with Gasteiger partial charge in [0.25, 0.3) is 0 Å². The number of rotatable bonds is 10. The van der Waals surface area contributed by atoms with Gasteiger partial charge in [-0.3, -0.25) is 4.79 Å². The molecule has 0 radical (unpaired) electrons. The minimum Gasteiger partial charge on any atom is -0.497 e. The molecular weight excluding hydrogens is 276 g/mol. The van der Waals surface area contributed by atoms with Gasteiger partial charge in [0, 0.05) is 19.0 Å². The van der Waals surface area contributed by atoms with Gasteiger partial charge < -0.3 is 15.4 Å². The summed E-state index contributed by atoms with van der Waals surface area (Å²) in [5.74, 6) is 1.15. The smallest absolute Gasteiger partial charge is 0.223 e. The van der Waals surface area contributed by atoms with E-state index in [-0.39, 0.29) is 0 Å². The van der Waals surface area contributed by atoms with Crippen LogP contribution in [-0.2, 0) is 11.3 Å². The van der Waals surface area contributed by atoms with Crippen LogP contribution in [0.1, 0.15) is 50.5 Å². The zero-order valence-electron chi connectivity index (χ0n) is 13.6. The van der Waals surface area contributed by atoms with Gasteiger partial charge in [-0.25, -0.2) is 0 Å². The maximum atomic E-state index is 12.5. The standard InChI is InChI=1S/C18H28N2O2/c1-22-17-11-7-15(8-12-17)14-20(16-9-10-16)18(21)6-4-2-3-5-13-19/h7-8,11-12,16H,2-6,9-10,13-14,19H2,1H3. The second-order valence-corrected chi connectivity index (χ2v) is 6.05. The van der Waals surface area contributed by atoms with Gasteiger partial charge in [-0.1, -0.05) is 25.0 Å². The van der Waals surface area contributed by atoms with Crippen LogP contribution in [0.15, 0.2) is 24.3 Å². The van der Waals surface area contributed by atoms with Gasteiger partial charge in [0.2, 0.25) is 5.91 Å². The lowest BCUT2D eigenvalue weighted by molar-refractivity contribution is -0.132. The first-order chi connectivity index (χ1) is 10.7. The van der Waals surface area contributed by atoms with Crippen molar-refractivity contribution in [2.75, 3.05) is 13.7 Å². The van der Waals surface area contributed by atoms with Gasteiger partial charge in [0.05, 0.1) is 7.11 Å². The molecular formula is C18H28N2O2. The number of benzene rings is 1. The van der Waals surface area contributed by atoms with E-state index in [1.165, 1.54) is 5.56 Å². The molecule has 1 aromatic rings. The van der Waals surface area contributed by atoms with Gasteiger partial charge in [-0.15, -0.1) is 0 Å². The Balaban J connectivity index is 1.82. The molecule has 4 nitrogen and oxygen atoms in total. The Morgan fingerprint density at radius 2 is 1.86 bits per heavy atom. The number of carbonyl (C=O) groups excluding carboxylic acids is 1. The summed E-state index contributed by atoms with van der Waals surface area (Å²) < 4.78 is 5.18. The van der Waals surface area contributed by atoms with Crippen LogP contribution in [0.5, 0.6) is 5.75 Å². The van der Waals surface area contributed by atoms with E-state index in [9.17, 15) is 4.79 Å². The van der Waals surface area contributed by atoms with Gasteiger partial charge in [-0.05, 0) is 49.9 Å². The molecule has 1 amide bonds. The third-order valence-electron chi connectivity index (χ3n) is 4.16. The number of ether oxygens (including phenoxy) is 1. The fraction of sp³-hybridized carbons (Fsp3) is 0.611. The first kappa shape index (κ1) is 16.8. The molecule has 0 atom stereocenters. The lowest BCUT2D eigenvalue weighted by Crippen LogP contribution is -2.32. The second kappa shape index (κ2) is 8.79. The summed E-state index contributed by atoms with van der Waals surface area (Å²) in [5, 5.41) is 0. The van der Waals surface area contributed by atoms with E-state index >= 15 is 0 Å². The molecule has 22 heavy (non-hydrogen) atoms. The number of unbranched alkanes of at least 4 members (excludes halogenated alkanes) is 3. The summed E-state index contributed by atoms with van der Waals surface area (Å²) in [6.45, 7) is 1.47. The molecule has 1 aliphatic rings. The summed E-state index contributed by atoms with van der Waals surface area (Å²) in [6, 6.07) is 8.46. The molecule has 1 aromatic carbocycles. The van der Waals surface area contributed by atoms with E-state index in [4.69, 9.17) is 10.5 Å². The number of amides is 1. The van der Waals surface area contributed by atoms with Crippen molar-refractivity contribution < 1.29 is 9.53 Å². The second-order valence-electron chi connectivity index (χ2n) is 6.05. The summed E-state index contributed by atoms with van der Waals surface area (Å²) in [4.78, 5) is 14.5. The van der Waals surface area contributed by atoms with Gasteiger partial charge in [0.15, 0.2) is 0 Å². The number of methoxy groups -OCH3 is 1. The predicted octanol–water partition coefficient (Wildman–Crippen LogP) is 3.10. The predicted molar refractivity (Wildman–Crippen MR) is 88.7 cm³/mol. The van der Waals surface area contributed by atoms with Crippen LogP contribution in [-0.4, -0.2) is 30.5 Å². The van der Waals surface area contributed by atoms with Crippen LogP contribution >= 0.6 is 0 Å². The maximum absolute atomic E-state index is 12.5. The number of nitrogens with zero attached hydrogens (tertiary/aromatic N) is 1. The highest BCUT2D eigenvalue weighted by molar-refractivity contribution is 5.76. The zero-order chi connectivity index (χ0) is 15.8. The minimum atomic E-state index is 0.297. The third-order valence-corrected chi connectivity index (χ3v) is 4.16. The summed E-state index contributed by atoms with van der Waals surface area (Å²) in [6.07, 6.45) is 7.23. The molecule has 122 valence electrons. The third kappa shape index (κ3) is 5.34. The van der Waals surface area contributed by atoms with Crippen molar-refractivity contribution in [2.45, 2.75) is 57.5 Å². The maximum Gasteiger partial charge on any atom is 0.223 e. The van der Waals surface area contributed by atoms with E-state index < -0.39 is 0 Å². The van der Waals surface area contributed by atoms with Crippen molar-refractivity contribution in [3.05, 3.63) is 29.8 Å². The molecule has 4 heteroatoms. The van der Waals surface area contributed by atoms with Crippen molar-refractivity contribution >= 4 is 5.91 Å². The lowest BCUT2D eigenvalue weighted by atomic mass is 10.1. The summed E-state index contributed by atoms with van der Waals surface area (Å²) >= 11 is 0. The Labute approximate surface area is 133 Å². The summed E-state index contributed by atoms with van der Waals surface area (Å²) in [7, 11) is 1.67. The van der Waals surface area contributed by atoms with Crippen molar-refractivity contribution in [2.24, 2.45) is 5.73 Å². The molecule has 1 fully saturated rings. The highest BCUT2D eigenvalue weighted by atomic mass is 16.5. The molecule has 0 spiro atoms. The normalized spacial score (nSPS) is 13.9. The first-order valence-corrected chi connectivity index (χ1v) is 8.37. The molecule has 2 N–H and O–H groups in total. The van der Waals surface area contributed by atoms with Crippen LogP contribution in [0.4, 0.5) is 0 Å². The highest BCUT2D eigenvalue weighted by Gasteiger charge is 2.32. The number of nitrogens with two attached hydrogens (primary N) is 1. The Kier molecular flexibility index (Phi) is 6.72. The van der Waals surface area contributed by atoms with Gasteiger partial charge in [0.1, 0.15) is 5.75 Å². The number of carbonyl (C=O) groups is 1. The largest absolute Gasteiger partial charge is 0.497 e.